The van der Waals surface area contributed by atoms with Crippen LogP contribution in [0, 0.1) is 0 Å². The van der Waals surface area contributed by atoms with Crippen LogP contribution in [0.2, 0.25) is 0 Å². The van der Waals surface area contributed by atoms with Gasteiger partial charge >= 0.3 is 11.9 Å². The number of hydrogen-bond donors (Lipinski definition) is 0. The van der Waals surface area contributed by atoms with Crippen molar-refractivity contribution in [1.29, 1.82) is 0 Å². The molecule has 2 aromatic carbocycles. The van der Waals surface area contributed by atoms with E-state index in [0.29, 0.717) is 11.3 Å². The highest BCUT2D eigenvalue weighted by molar-refractivity contribution is 9.10. The lowest BCUT2D eigenvalue weighted by molar-refractivity contribution is -0.150. The van der Waals surface area contributed by atoms with Crippen LogP contribution in [-0.4, -0.2) is 31.3 Å². The number of esters is 2. The smallest absolute Gasteiger partial charge is 0.375 e. The number of halogens is 1. The second-order valence-electron chi connectivity index (χ2n) is 6.53. The monoisotopic (exact) mass is 488 g/mol. The molecule has 0 radical (unpaired) electrons. The average molecular weight is 489 g/mol. The van der Waals surface area contributed by atoms with E-state index in [1.807, 2.05) is 0 Å². The molecule has 0 aliphatic rings. The average Bonchev–Trinajstić information content (AvgIpc) is 2.74. The Morgan fingerprint density at radius 3 is 2.35 bits per heavy atom. The summed E-state index contributed by atoms with van der Waals surface area (Å²) in [6, 6.07) is 11.5. The molecule has 7 nitrogen and oxygen atoms in total. The molecule has 0 unspecified atom stereocenters. The quantitative estimate of drug-likeness (QED) is 0.443. The minimum atomic E-state index is -0.851. The molecule has 0 aliphatic carbocycles. The fraction of sp³-hybridized carbons (Fsp3) is 0.261. The summed E-state index contributed by atoms with van der Waals surface area (Å²) in [4.78, 5) is 37.7. The third kappa shape index (κ3) is 4.96. The standard InChI is InChI=1S/C23H21BrO7/c1-4-28-22(26)13(3)30-16-10-11-17-18(12-16)31-21(23(27)29-5-2)19(20(17)25)14-6-8-15(24)9-7-14/h6-13H,4-5H2,1-3H3/t13-/m1/s1. The highest BCUT2D eigenvalue weighted by Gasteiger charge is 2.24. The van der Waals surface area contributed by atoms with Crippen LogP contribution in [0.3, 0.4) is 0 Å². The summed E-state index contributed by atoms with van der Waals surface area (Å²) >= 11 is 3.36. The number of fused-ring (bicyclic) bond motifs is 1. The Labute approximate surface area is 187 Å². The highest BCUT2D eigenvalue weighted by Crippen LogP contribution is 2.28. The summed E-state index contributed by atoms with van der Waals surface area (Å²) in [5.74, 6) is -1.16. The zero-order chi connectivity index (χ0) is 22.5. The molecule has 31 heavy (non-hydrogen) atoms. The summed E-state index contributed by atoms with van der Waals surface area (Å²) in [5.41, 5.74) is 0.407. The molecule has 1 aromatic heterocycles. The Hall–Kier alpha value is -3.13. The van der Waals surface area contributed by atoms with E-state index >= 15 is 0 Å². The molecular formula is C23H21BrO7. The van der Waals surface area contributed by atoms with E-state index in [9.17, 15) is 14.4 Å². The fourth-order valence-electron chi connectivity index (χ4n) is 2.98. The van der Waals surface area contributed by atoms with E-state index in [-0.39, 0.29) is 40.9 Å². The van der Waals surface area contributed by atoms with Gasteiger partial charge < -0.3 is 18.6 Å². The van der Waals surface area contributed by atoms with Crippen molar-refractivity contribution in [3.63, 3.8) is 0 Å². The van der Waals surface area contributed by atoms with Crippen molar-refractivity contribution in [2.45, 2.75) is 26.9 Å². The van der Waals surface area contributed by atoms with E-state index in [2.05, 4.69) is 15.9 Å². The third-order valence-electron chi connectivity index (χ3n) is 4.39. The Kier molecular flexibility index (Phi) is 7.12. The van der Waals surface area contributed by atoms with Gasteiger partial charge in [0.2, 0.25) is 11.2 Å². The predicted molar refractivity (Wildman–Crippen MR) is 118 cm³/mol. The topological polar surface area (TPSA) is 92.0 Å². The van der Waals surface area contributed by atoms with Crippen LogP contribution < -0.4 is 10.2 Å². The van der Waals surface area contributed by atoms with Gasteiger partial charge in [0.25, 0.3) is 0 Å². The molecule has 0 amide bonds. The van der Waals surface area contributed by atoms with Crippen LogP contribution in [0.1, 0.15) is 31.3 Å². The van der Waals surface area contributed by atoms with Gasteiger partial charge in [0.05, 0.1) is 24.2 Å². The van der Waals surface area contributed by atoms with Gasteiger partial charge in [-0.2, -0.15) is 0 Å². The lowest BCUT2D eigenvalue weighted by Crippen LogP contribution is -2.26. The van der Waals surface area contributed by atoms with E-state index < -0.39 is 18.0 Å². The molecular weight excluding hydrogens is 468 g/mol. The van der Waals surface area contributed by atoms with Crippen LogP contribution in [0.5, 0.6) is 5.75 Å². The first-order chi connectivity index (χ1) is 14.8. The maximum atomic E-state index is 13.3. The Morgan fingerprint density at radius 2 is 1.71 bits per heavy atom. The summed E-state index contributed by atoms with van der Waals surface area (Å²) in [7, 11) is 0. The van der Waals surface area contributed by atoms with Crippen LogP contribution in [0.15, 0.2) is 56.1 Å². The van der Waals surface area contributed by atoms with Gasteiger partial charge in [-0.1, -0.05) is 28.1 Å². The zero-order valence-corrected chi connectivity index (χ0v) is 18.9. The lowest BCUT2D eigenvalue weighted by atomic mass is 10.0. The Balaban J connectivity index is 2.12. The lowest BCUT2D eigenvalue weighted by Gasteiger charge is -2.14. The van der Waals surface area contributed by atoms with Crippen LogP contribution in [0.25, 0.3) is 22.1 Å². The molecule has 0 aliphatic heterocycles. The second kappa shape index (κ2) is 9.78. The maximum absolute atomic E-state index is 13.3. The molecule has 8 heteroatoms. The van der Waals surface area contributed by atoms with Gasteiger partial charge in [0.1, 0.15) is 11.3 Å². The predicted octanol–water partition coefficient (Wildman–Crippen LogP) is 4.73. The van der Waals surface area contributed by atoms with E-state index in [4.69, 9.17) is 18.6 Å². The molecule has 162 valence electrons. The van der Waals surface area contributed by atoms with Gasteiger partial charge in [-0.3, -0.25) is 4.79 Å². The van der Waals surface area contributed by atoms with Crippen molar-refractivity contribution in [3.05, 3.63) is 62.9 Å². The zero-order valence-electron chi connectivity index (χ0n) is 17.3. The van der Waals surface area contributed by atoms with Crippen molar-refractivity contribution in [1.82, 2.24) is 0 Å². The normalized spacial score (nSPS) is 11.7. The molecule has 3 aromatic rings. The molecule has 0 saturated carbocycles. The summed E-state index contributed by atoms with van der Waals surface area (Å²) < 4.78 is 22.3. The van der Waals surface area contributed by atoms with Crippen LogP contribution >= 0.6 is 15.9 Å². The number of carbonyl (C=O) groups excluding carboxylic acids is 2. The number of ether oxygens (including phenoxy) is 3. The van der Waals surface area contributed by atoms with Crippen molar-refractivity contribution >= 4 is 38.8 Å². The Morgan fingerprint density at radius 1 is 1.03 bits per heavy atom. The highest BCUT2D eigenvalue weighted by atomic mass is 79.9. The molecule has 1 atom stereocenters. The first-order valence-electron chi connectivity index (χ1n) is 9.72. The van der Waals surface area contributed by atoms with Crippen molar-refractivity contribution in [2.24, 2.45) is 0 Å². The summed E-state index contributed by atoms with van der Waals surface area (Å²) in [5, 5.41) is 0.266. The molecule has 0 saturated heterocycles. The maximum Gasteiger partial charge on any atom is 0.375 e. The summed E-state index contributed by atoms with van der Waals surface area (Å²) in [6.07, 6.45) is -0.851. The second-order valence-corrected chi connectivity index (χ2v) is 7.45. The molecule has 3 rings (SSSR count). The third-order valence-corrected chi connectivity index (χ3v) is 4.92. The van der Waals surface area contributed by atoms with Gasteiger partial charge in [-0.25, -0.2) is 9.59 Å². The number of rotatable bonds is 7. The molecule has 0 bridgehead atoms. The number of benzene rings is 2. The van der Waals surface area contributed by atoms with Crippen molar-refractivity contribution in [2.75, 3.05) is 13.2 Å². The first-order valence-corrected chi connectivity index (χ1v) is 10.5. The Bertz CT molecular complexity index is 1160. The largest absolute Gasteiger partial charge is 0.479 e. The number of hydrogen-bond acceptors (Lipinski definition) is 7. The van der Waals surface area contributed by atoms with Gasteiger partial charge in [0.15, 0.2) is 6.10 Å². The van der Waals surface area contributed by atoms with Crippen LogP contribution in [-0.2, 0) is 14.3 Å². The van der Waals surface area contributed by atoms with E-state index in [0.717, 1.165) is 4.47 Å². The van der Waals surface area contributed by atoms with Gasteiger partial charge in [-0.15, -0.1) is 0 Å². The van der Waals surface area contributed by atoms with Crippen molar-refractivity contribution in [3.8, 4) is 16.9 Å². The molecule has 1 heterocycles. The van der Waals surface area contributed by atoms with Crippen molar-refractivity contribution < 1.29 is 28.2 Å². The minimum absolute atomic E-state index is 0.118. The minimum Gasteiger partial charge on any atom is -0.479 e. The first kappa shape index (κ1) is 22.6. The molecule has 0 N–H and O–H groups in total. The van der Waals surface area contributed by atoms with E-state index in [1.54, 1.807) is 51.1 Å². The molecule has 0 spiro atoms. The van der Waals surface area contributed by atoms with E-state index in [1.165, 1.54) is 12.1 Å². The molecule has 0 fully saturated rings. The summed E-state index contributed by atoms with van der Waals surface area (Å²) in [6.45, 7) is 5.29. The van der Waals surface area contributed by atoms with Gasteiger partial charge in [-0.05, 0) is 50.6 Å². The SMILES string of the molecule is CCOC(=O)c1oc2cc(O[C@H](C)C(=O)OCC)ccc2c(=O)c1-c1ccc(Br)cc1. The van der Waals surface area contributed by atoms with Crippen LogP contribution in [0.4, 0.5) is 0 Å². The van der Waals surface area contributed by atoms with Gasteiger partial charge in [0, 0.05) is 10.5 Å². The number of carbonyl (C=O) groups is 2. The fourth-order valence-corrected chi connectivity index (χ4v) is 3.24.